The Kier molecular flexibility index (Phi) is 9.40. The summed E-state index contributed by atoms with van der Waals surface area (Å²) < 4.78 is 19.9. The van der Waals surface area contributed by atoms with Gasteiger partial charge >= 0.3 is 0 Å². The molecule has 0 aliphatic carbocycles. The lowest BCUT2D eigenvalue weighted by Crippen LogP contribution is -2.25. The molecular weight excluding hydrogens is 511 g/mol. The summed E-state index contributed by atoms with van der Waals surface area (Å²) in [5.41, 5.74) is 5.68. The molecule has 0 unspecified atom stereocenters. The molecule has 0 bridgehead atoms. The summed E-state index contributed by atoms with van der Waals surface area (Å²) in [6.45, 7) is 4.28. The number of rotatable bonds is 12. The molecule has 41 heavy (non-hydrogen) atoms. The first-order valence-corrected chi connectivity index (χ1v) is 14.0. The normalized spacial score (nSPS) is 11.2. The van der Waals surface area contributed by atoms with Gasteiger partial charge < -0.3 is 9.73 Å². The second kappa shape index (κ2) is 13.7. The highest BCUT2D eigenvalue weighted by Crippen LogP contribution is 2.27. The molecular formula is C36H35FN2O2. The van der Waals surface area contributed by atoms with Crippen LogP contribution in [-0.4, -0.2) is 17.4 Å². The van der Waals surface area contributed by atoms with Crippen LogP contribution >= 0.6 is 0 Å². The minimum Gasteiger partial charge on any atom is -0.455 e. The highest BCUT2D eigenvalue weighted by molar-refractivity contribution is 5.91. The van der Waals surface area contributed by atoms with Gasteiger partial charge in [-0.05, 0) is 59.9 Å². The van der Waals surface area contributed by atoms with Crippen molar-refractivity contribution >= 4 is 5.91 Å². The summed E-state index contributed by atoms with van der Waals surface area (Å²) in [5.74, 6) is 0.674. The molecule has 1 N–H and O–H groups in total. The molecule has 5 rings (SSSR count). The monoisotopic (exact) mass is 546 g/mol. The molecule has 0 radical (unpaired) electrons. The van der Waals surface area contributed by atoms with E-state index in [1.807, 2.05) is 48.5 Å². The van der Waals surface area contributed by atoms with E-state index in [0.717, 1.165) is 17.5 Å². The lowest BCUT2D eigenvalue weighted by atomic mass is 9.88. The van der Waals surface area contributed by atoms with Crippen LogP contribution in [0.4, 0.5) is 4.39 Å². The molecule has 5 aromatic rings. The topological polar surface area (TPSA) is 45.5 Å². The number of amides is 1. The molecule has 0 aliphatic heterocycles. The Hall–Kier alpha value is -4.48. The van der Waals surface area contributed by atoms with E-state index in [0.29, 0.717) is 31.9 Å². The minimum absolute atomic E-state index is 0.183. The van der Waals surface area contributed by atoms with Crippen LogP contribution in [0, 0.1) is 12.7 Å². The molecule has 0 saturated heterocycles. The van der Waals surface area contributed by atoms with Crippen molar-refractivity contribution in [2.45, 2.75) is 38.9 Å². The number of carbonyl (C=O) groups is 1. The molecule has 0 atom stereocenters. The van der Waals surface area contributed by atoms with Gasteiger partial charge in [0.05, 0.1) is 6.54 Å². The smallest absolute Gasteiger partial charge is 0.286 e. The van der Waals surface area contributed by atoms with Crippen molar-refractivity contribution in [1.82, 2.24) is 10.2 Å². The number of furan rings is 1. The Bertz CT molecular complexity index is 1490. The van der Waals surface area contributed by atoms with Crippen LogP contribution in [0.1, 0.15) is 56.5 Å². The first kappa shape index (κ1) is 28.1. The summed E-state index contributed by atoms with van der Waals surface area (Å²) in [4.78, 5) is 15.2. The van der Waals surface area contributed by atoms with Crippen LogP contribution < -0.4 is 5.32 Å². The largest absolute Gasteiger partial charge is 0.455 e. The van der Waals surface area contributed by atoms with E-state index in [1.54, 1.807) is 18.2 Å². The Labute approximate surface area is 241 Å². The third-order valence-corrected chi connectivity index (χ3v) is 7.21. The molecule has 0 spiro atoms. The van der Waals surface area contributed by atoms with Crippen molar-refractivity contribution in [2.75, 3.05) is 6.54 Å². The third kappa shape index (κ3) is 8.03. The number of carbonyl (C=O) groups excluding carboxylic acids is 1. The Morgan fingerprint density at radius 1 is 0.756 bits per heavy atom. The molecule has 4 aromatic carbocycles. The zero-order valence-electron chi connectivity index (χ0n) is 23.3. The van der Waals surface area contributed by atoms with Crippen molar-refractivity contribution in [3.63, 3.8) is 0 Å². The second-order valence-electron chi connectivity index (χ2n) is 10.4. The molecule has 0 fully saturated rings. The van der Waals surface area contributed by atoms with Gasteiger partial charge in [-0.3, -0.25) is 9.69 Å². The fourth-order valence-electron chi connectivity index (χ4n) is 5.13. The van der Waals surface area contributed by atoms with Gasteiger partial charge in [-0.2, -0.15) is 0 Å². The van der Waals surface area contributed by atoms with Gasteiger partial charge in [0, 0.05) is 25.6 Å². The van der Waals surface area contributed by atoms with Crippen LogP contribution in [0.15, 0.2) is 126 Å². The van der Waals surface area contributed by atoms with Crippen molar-refractivity contribution in [1.29, 1.82) is 0 Å². The van der Waals surface area contributed by atoms with E-state index in [4.69, 9.17) is 4.42 Å². The standard InChI is InChI=1S/C36H35FN2O2/c1-27-15-17-28(18-16-27)24-39(25-29-9-8-14-32(37)23-29)26-33-19-20-35(41-33)36(40)38-22-21-34(30-10-4-2-5-11-30)31-12-6-3-7-13-31/h2-20,23,34H,21-22,24-26H2,1H3,(H,38,40). The summed E-state index contributed by atoms with van der Waals surface area (Å²) in [6, 6.07) is 39.3. The molecule has 1 aromatic heterocycles. The van der Waals surface area contributed by atoms with Gasteiger partial charge in [0.25, 0.3) is 5.91 Å². The van der Waals surface area contributed by atoms with Crippen LogP contribution in [0.5, 0.6) is 0 Å². The van der Waals surface area contributed by atoms with Gasteiger partial charge in [-0.25, -0.2) is 4.39 Å². The third-order valence-electron chi connectivity index (χ3n) is 7.21. The van der Waals surface area contributed by atoms with Crippen LogP contribution in [0.25, 0.3) is 0 Å². The maximum Gasteiger partial charge on any atom is 0.286 e. The Morgan fingerprint density at radius 2 is 1.41 bits per heavy atom. The van der Waals surface area contributed by atoms with E-state index in [9.17, 15) is 9.18 Å². The fraction of sp³-hybridized carbons (Fsp3) is 0.194. The second-order valence-corrected chi connectivity index (χ2v) is 10.4. The lowest BCUT2D eigenvalue weighted by Gasteiger charge is -2.22. The van der Waals surface area contributed by atoms with Crippen LogP contribution in [0.3, 0.4) is 0 Å². The van der Waals surface area contributed by atoms with Crippen LogP contribution in [0.2, 0.25) is 0 Å². The Balaban J connectivity index is 1.23. The average molecular weight is 547 g/mol. The van der Waals surface area contributed by atoms with Crippen molar-refractivity contribution in [3.05, 3.63) is 166 Å². The number of hydrogen-bond donors (Lipinski definition) is 1. The lowest BCUT2D eigenvalue weighted by molar-refractivity contribution is 0.0920. The fourth-order valence-corrected chi connectivity index (χ4v) is 5.13. The molecule has 0 saturated carbocycles. The van der Waals surface area contributed by atoms with Crippen LogP contribution in [-0.2, 0) is 19.6 Å². The predicted octanol–water partition coefficient (Wildman–Crippen LogP) is 7.88. The number of nitrogens with zero attached hydrogens (tertiary/aromatic N) is 1. The van der Waals surface area contributed by atoms with E-state index >= 15 is 0 Å². The number of nitrogens with one attached hydrogen (secondary N) is 1. The molecule has 208 valence electrons. The number of benzene rings is 4. The van der Waals surface area contributed by atoms with Crippen molar-refractivity contribution < 1.29 is 13.6 Å². The number of halogens is 1. The maximum absolute atomic E-state index is 13.9. The highest BCUT2D eigenvalue weighted by atomic mass is 19.1. The minimum atomic E-state index is -0.253. The van der Waals surface area contributed by atoms with E-state index in [2.05, 4.69) is 65.7 Å². The summed E-state index contributed by atoms with van der Waals surface area (Å²) >= 11 is 0. The van der Waals surface area contributed by atoms with Crippen molar-refractivity contribution in [3.8, 4) is 0 Å². The average Bonchev–Trinajstić information content (AvgIpc) is 3.46. The van der Waals surface area contributed by atoms with E-state index in [1.165, 1.54) is 22.8 Å². The van der Waals surface area contributed by atoms with E-state index < -0.39 is 0 Å². The zero-order valence-corrected chi connectivity index (χ0v) is 23.3. The molecule has 1 heterocycles. The first-order valence-electron chi connectivity index (χ1n) is 14.0. The molecule has 0 aliphatic rings. The molecule has 5 heteroatoms. The number of hydrogen-bond acceptors (Lipinski definition) is 3. The predicted molar refractivity (Wildman–Crippen MR) is 161 cm³/mol. The summed E-state index contributed by atoms with van der Waals surface area (Å²) in [7, 11) is 0. The summed E-state index contributed by atoms with van der Waals surface area (Å²) in [6.07, 6.45) is 0.769. The van der Waals surface area contributed by atoms with Gasteiger partial charge in [-0.1, -0.05) is 103 Å². The molecule has 4 nitrogen and oxygen atoms in total. The van der Waals surface area contributed by atoms with Gasteiger partial charge in [-0.15, -0.1) is 0 Å². The first-order chi connectivity index (χ1) is 20.0. The summed E-state index contributed by atoms with van der Waals surface area (Å²) in [5, 5.41) is 3.04. The van der Waals surface area contributed by atoms with Gasteiger partial charge in [0.1, 0.15) is 11.6 Å². The van der Waals surface area contributed by atoms with Gasteiger partial charge in [0.15, 0.2) is 5.76 Å². The van der Waals surface area contributed by atoms with Crippen molar-refractivity contribution in [2.24, 2.45) is 0 Å². The SMILES string of the molecule is Cc1ccc(CN(Cc2cccc(F)c2)Cc2ccc(C(=O)NCCC(c3ccccc3)c3ccccc3)o2)cc1. The van der Waals surface area contributed by atoms with E-state index in [-0.39, 0.29) is 23.4 Å². The molecule has 1 amide bonds. The maximum atomic E-state index is 13.9. The number of aryl methyl sites for hydroxylation is 1. The zero-order chi connectivity index (χ0) is 28.4. The van der Waals surface area contributed by atoms with Gasteiger partial charge in [0.2, 0.25) is 0 Å². The highest BCUT2D eigenvalue weighted by Gasteiger charge is 2.17. The quantitative estimate of drug-likeness (QED) is 0.173. The Morgan fingerprint density at radius 3 is 2.07 bits per heavy atom.